The lowest BCUT2D eigenvalue weighted by Gasteiger charge is -2.08. The number of hydrogen-bond donors (Lipinski definition) is 1. The number of anilines is 1. The number of nitrogen functional groups attached to an aromatic ring is 1. The van der Waals surface area contributed by atoms with Crippen LogP contribution in [0.2, 0.25) is 0 Å². The molecule has 0 atom stereocenters. The number of hydrogen-bond acceptors (Lipinski definition) is 4. The number of nitrogens with zero attached hydrogens (tertiary/aromatic N) is 1. The van der Waals surface area contributed by atoms with Gasteiger partial charge in [0.05, 0.1) is 18.2 Å². The van der Waals surface area contributed by atoms with Crippen molar-refractivity contribution >= 4 is 22.7 Å². The smallest absolute Gasteiger partial charge is 0.338 e. The number of rotatable bonds is 2. The van der Waals surface area contributed by atoms with Crippen LogP contribution in [0, 0.1) is 0 Å². The third kappa shape index (κ3) is 1.93. The van der Waals surface area contributed by atoms with Crippen LogP contribution in [0.1, 0.15) is 22.8 Å². The number of methoxy groups -OCH3 is 1. The van der Waals surface area contributed by atoms with E-state index in [1.165, 1.54) is 7.11 Å². The Morgan fingerprint density at radius 2 is 2.24 bits per heavy atom. The van der Waals surface area contributed by atoms with E-state index in [1.54, 1.807) is 6.07 Å². The molecule has 0 bridgehead atoms. The molecule has 1 aromatic heterocycles. The molecule has 1 aromatic carbocycles. The second-order valence-corrected chi connectivity index (χ2v) is 3.75. The summed E-state index contributed by atoms with van der Waals surface area (Å²) >= 11 is 0. The van der Waals surface area contributed by atoms with E-state index in [1.807, 2.05) is 25.1 Å². The lowest BCUT2D eigenvalue weighted by molar-refractivity contribution is 0.0603. The van der Waals surface area contributed by atoms with Gasteiger partial charge in [-0.15, -0.1) is 0 Å². The number of para-hydroxylation sites is 1. The molecule has 0 saturated carbocycles. The molecule has 0 fully saturated rings. The number of pyridine rings is 1. The van der Waals surface area contributed by atoms with Crippen LogP contribution in [0.3, 0.4) is 0 Å². The van der Waals surface area contributed by atoms with Gasteiger partial charge in [0, 0.05) is 5.39 Å². The molecule has 0 aliphatic rings. The van der Waals surface area contributed by atoms with Crippen LogP contribution in [0.25, 0.3) is 10.9 Å². The largest absolute Gasteiger partial charge is 0.465 e. The SMILES string of the molecule is CCc1cccc2c(C(=O)OC)cc(N)nc12. The molecule has 0 spiro atoms. The third-order valence-electron chi connectivity index (χ3n) is 2.73. The van der Waals surface area contributed by atoms with E-state index in [0.717, 1.165) is 22.9 Å². The van der Waals surface area contributed by atoms with Crippen LogP contribution >= 0.6 is 0 Å². The van der Waals surface area contributed by atoms with E-state index in [0.29, 0.717) is 11.4 Å². The van der Waals surface area contributed by atoms with Gasteiger partial charge in [0.25, 0.3) is 0 Å². The number of benzene rings is 1. The van der Waals surface area contributed by atoms with Gasteiger partial charge < -0.3 is 10.5 Å². The Morgan fingerprint density at radius 1 is 1.47 bits per heavy atom. The molecule has 1 heterocycles. The highest BCUT2D eigenvalue weighted by Gasteiger charge is 2.13. The highest BCUT2D eigenvalue weighted by Crippen LogP contribution is 2.23. The molecule has 0 aliphatic carbocycles. The summed E-state index contributed by atoms with van der Waals surface area (Å²) in [6.45, 7) is 2.04. The number of carbonyl (C=O) groups excluding carboxylic acids is 1. The van der Waals surface area contributed by atoms with Gasteiger partial charge in [0.1, 0.15) is 5.82 Å². The molecule has 0 unspecified atom stereocenters. The first kappa shape index (κ1) is 11.4. The van der Waals surface area contributed by atoms with Crippen molar-refractivity contribution in [2.75, 3.05) is 12.8 Å². The first-order valence-electron chi connectivity index (χ1n) is 5.43. The molecule has 88 valence electrons. The molecule has 0 saturated heterocycles. The van der Waals surface area contributed by atoms with E-state index in [2.05, 4.69) is 4.98 Å². The average molecular weight is 230 g/mol. The van der Waals surface area contributed by atoms with E-state index < -0.39 is 5.97 Å². The van der Waals surface area contributed by atoms with Crippen molar-refractivity contribution in [2.45, 2.75) is 13.3 Å². The monoisotopic (exact) mass is 230 g/mol. The van der Waals surface area contributed by atoms with Gasteiger partial charge in [-0.2, -0.15) is 0 Å². The van der Waals surface area contributed by atoms with Gasteiger partial charge in [-0.25, -0.2) is 9.78 Å². The van der Waals surface area contributed by atoms with E-state index in [4.69, 9.17) is 10.5 Å². The summed E-state index contributed by atoms with van der Waals surface area (Å²) in [7, 11) is 1.36. The van der Waals surface area contributed by atoms with Gasteiger partial charge in [0.15, 0.2) is 0 Å². The summed E-state index contributed by atoms with van der Waals surface area (Å²) in [4.78, 5) is 16.0. The minimum Gasteiger partial charge on any atom is -0.465 e. The van der Waals surface area contributed by atoms with Gasteiger partial charge in [-0.1, -0.05) is 25.1 Å². The van der Waals surface area contributed by atoms with Crippen molar-refractivity contribution in [3.8, 4) is 0 Å². The normalized spacial score (nSPS) is 10.5. The Kier molecular flexibility index (Phi) is 2.95. The van der Waals surface area contributed by atoms with Crippen LogP contribution in [0.15, 0.2) is 24.3 Å². The Balaban J connectivity index is 2.81. The molecule has 0 radical (unpaired) electrons. The van der Waals surface area contributed by atoms with Crippen LogP contribution in [0.5, 0.6) is 0 Å². The minimum absolute atomic E-state index is 0.332. The summed E-state index contributed by atoms with van der Waals surface area (Å²) in [5.74, 6) is -0.0591. The molecule has 2 N–H and O–H groups in total. The predicted octanol–water partition coefficient (Wildman–Crippen LogP) is 2.17. The van der Waals surface area contributed by atoms with Crippen molar-refractivity contribution in [1.29, 1.82) is 0 Å². The number of ether oxygens (including phenoxy) is 1. The van der Waals surface area contributed by atoms with Crippen molar-refractivity contribution in [3.05, 3.63) is 35.4 Å². The Labute approximate surface area is 99.4 Å². The van der Waals surface area contributed by atoms with E-state index in [9.17, 15) is 4.79 Å². The number of aromatic nitrogens is 1. The van der Waals surface area contributed by atoms with Crippen molar-refractivity contribution in [2.24, 2.45) is 0 Å². The van der Waals surface area contributed by atoms with Gasteiger partial charge >= 0.3 is 5.97 Å². The summed E-state index contributed by atoms with van der Waals surface area (Å²) in [5, 5.41) is 0.783. The van der Waals surface area contributed by atoms with Crippen molar-refractivity contribution < 1.29 is 9.53 Å². The summed E-state index contributed by atoms with van der Waals surface area (Å²) < 4.78 is 4.75. The molecule has 2 aromatic rings. The van der Waals surface area contributed by atoms with Crippen LogP contribution in [0.4, 0.5) is 5.82 Å². The summed E-state index contributed by atoms with van der Waals surface area (Å²) in [6, 6.07) is 7.29. The van der Waals surface area contributed by atoms with Crippen LogP contribution in [-0.2, 0) is 11.2 Å². The Bertz CT molecular complexity index is 579. The lowest BCUT2D eigenvalue weighted by atomic mass is 10.0. The molecule has 17 heavy (non-hydrogen) atoms. The van der Waals surface area contributed by atoms with Crippen LogP contribution in [-0.4, -0.2) is 18.1 Å². The number of aryl methyl sites for hydroxylation is 1. The summed E-state index contributed by atoms with van der Waals surface area (Å²) in [6.07, 6.45) is 0.842. The fourth-order valence-electron chi connectivity index (χ4n) is 1.89. The van der Waals surface area contributed by atoms with Gasteiger partial charge in [-0.05, 0) is 18.1 Å². The number of carbonyl (C=O) groups is 1. The first-order chi connectivity index (χ1) is 8.17. The van der Waals surface area contributed by atoms with E-state index >= 15 is 0 Å². The zero-order valence-electron chi connectivity index (χ0n) is 9.86. The number of fused-ring (bicyclic) bond motifs is 1. The highest BCUT2D eigenvalue weighted by atomic mass is 16.5. The second-order valence-electron chi connectivity index (χ2n) is 3.75. The molecular weight excluding hydrogens is 216 g/mol. The molecular formula is C13H14N2O2. The number of nitrogens with two attached hydrogens (primary N) is 1. The zero-order valence-corrected chi connectivity index (χ0v) is 9.86. The van der Waals surface area contributed by atoms with Gasteiger partial charge in [-0.3, -0.25) is 0 Å². The van der Waals surface area contributed by atoms with Crippen molar-refractivity contribution in [1.82, 2.24) is 4.98 Å². The maximum Gasteiger partial charge on any atom is 0.338 e. The molecule has 0 amide bonds. The maximum atomic E-state index is 11.7. The Hall–Kier alpha value is -2.10. The highest BCUT2D eigenvalue weighted by molar-refractivity contribution is 6.04. The Morgan fingerprint density at radius 3 is 2.88 bits per heavy atom. The fraction of sp³-hybridized carbons (Fsp3) is 0.231. The van der Waals surface area contributed by atoms with Gasteiger partial charge in [0.2, 0.25) is 0 Å². The standard InChI is InChI=1S/C13H14N2O2/c1-3-8-5-4-6-9-10(13(16)17-2)7-11(14)15-12(8)9/h4-7H,3H2,1-2H3,(H2,14,15). The zero-order chi connectivity index (χ0) is 12.4. The average Bonchev–Trinajstić information content (AvgIpc) is 2.36. The molecule has 0 aliphatic heterocycles. The molecule has 4 nitrogen and oxygen atoms in total. The minimum atomic E-state index is -0.391. The molecule has 4 heteroatoms. The predicted molar refractivity (Wildman–Crippen MR) is 66.9 cm³/mol. The first-order valence-corrected chi connectivity index (χ1v) is 5.43. The van der Waals surface area contributed by atoms with E-state index in [-0.39, 0.29) is 0 Å². The quantitative estimate of drug-likeness (QED) is 0.803. The molecule has 2 rings (SSSR count). The maximum absolute atomic E-state index is 11.7. The fourth-order valence-corrected chi connectivity index (χ4v) is 1.89. The van der Waals surface area contributed by atoms with Crippen LogP contribution < -0.4 is 5.73 Å². The summed E-state index contributed by atoms with van der Waals surface area (Å²) in [5.41, 5.74) is 8.03. The van der Waals surface area contributed by atoms with Crippen molar-refractivity contribution in [3.63, 3.8) is 0 Å². The second kappa shape index (κ2) is 4.41. The number of esters is 1. The lowest BCUT2D eigenvalue weighted by Crippen LogP contribution is -2.05. The topological polar surface area (TPSA) is 65.2 Å². The third-order valence-corrected chi connectivity index (χ3v) is 2.73.